The second kappa shape index (κ2) is 11.5. The van der Waals surface area contributed by atoms with E-state index in [9.17, 15) is 9.59 Å². The summed E-state index contributed by atoms with van der Waals surface area (Å²) in [6, 6.07) is 13.7. The molecule has 0 bridgehead atoms. The number of aromatic nitrogens is 3. The van der Waals surface area contributed by atoms with Gasteiger partial charge in [-0.2, -0.15) is 5.10 Å². The normalized spacial score (nSPS) is 14.4. The molecule has 3 aromatic rings. The molecular weight excluding hydrogens is 442 g/mol. The lowest BCUT2D eigenvalue weighted by Crippen LogP contribution is -2.37. The van der Waals surface area contributed by atoms with Crippen LogP contribution in [0.1, 0.15) is 25.8 Å². The summed E-state index contributed by atoms with van der Waals surface area (Å²) in [6.45, 7) is 6.52. The van der Waals surface area contributed by atoms with E-state index in [1.54, 1.807) is 39.0 Å². The minimum atomic E-state index is -0.307. The topological polar surface area (TPSA) is 80.6 Å². The summed E-state index contributed by atoms with van der Waals surface area (Å²) in [6.07, 6.45) is 9.18. The van der Waals surface area contributed by atoms with E-state index in [-0.39, 0.29) is 17.9 Å². The van der Waals surface area contributed by atoms with Crippen LogP contribution in [0.5, 0.6) is 0 Å². The molecule has 1 aliphatic rings. The average Bonchev–Trinajstić information content (AvgIpc) is 3.15. The van der Waals surface area contributed by atoms with E-state index in [2.05, 4.69) is 4.98 Å². The fourth-order valence-corrected chi connectivity index (χ4v) is 3.87. The molecule has 35 heavy (non-hydrogen) atoms. The summed E-state index contributed by atoms with van der Waals surface area (Å²) < 4.78 is 7.15. The summed E-state index contributed by atoms with van der Waals surface area (Å²) in [5, 5.41) is 4.76. The van der Waals surface area contributed by atoms with Crippen LogP contribution in [0.3, 0.4) is 0 Å². The largest absolute Gasteiger partial charge is 0.449 e. The van der Waals surface area contributed by atoms with Gasteiger partial charge >= 0.3 is 6.09 Å². The van der Waals surface area contributed by atoms with Gasteiger partial charge in [0.05, 0.1) is 12.3 Å². The first kappa shape index (κ1) is 24.2. The van der Waals surface area contributed by atoms with Crippen molar-refractivity contribution in [2.24, 2.45) is 5.92 Å². The molecule has 0 N–H and O–H groups in total. The summed E-state index contributed by atoms with van der Waals surface area (Å²) in [5.74, 6) is 0.198. The minimum absolute atomic E-state index is 0.0907. The third-order valence-electron chi connectivity index (χ3n) is 5.71. The van der Waals surface area contributed by atoms with Crippen LogP contribution < -0.4 is 0 Å². The first-order valence-corrected chi connectivity index (χ1v) is 12.0. The third kappa shape index (κ3) is 6.35. The Bertz CT molecular complexity index is 1160. The van der Waals surface area contributed by atoms with Crippen molar-refractivity contribution in [2.75, 3.05) is 32.8 Å². The molecule has 1 aliphatic heterocycles. The fraction of sp³-hybridized carbons (Fsp3) is 0.333. The van der Waals surface area contributed by atoms with Gasteiger partial charge in [-0.05, 0) is 42.7 Å². The maximum atomic E-state index is 13.0. The van der Waals surface area contributed by atoms with Crippen molar-refractivity contribution in [3.8, 4) is 16.9 Å². The quantitative estimate of drug-likeness (QED) is 0.500. The first-order chi connectivity index (χ1) is 17.0. The Morgan fingerprint density at radius 1 is 1.03 bits per heavy atom. The van der Waals surface area contributed by atoms with Gasteiger partial charge in [-0.25, -0.2) is 9.48 Å². The first-order valence-electron chi connectivity index (χ1n) is 12.0. The molecule has 0 saturated carbocycles. The lowest BCUT2D eigenvalue weighted by atomic mass is 10.1. The Balaban J connectivity index is 1.47. The van der Waals surface area contributed by atoms with Crippen LogP contribution in [-0.2, 0) is 9.53 Å². The maximum Gasteiger partial charge on any atom is 0.409 e. The molecule has 8 nitrogen and oxygen atoms in total. The van der Waals surface area contributed by atoms with Gasteiger partial charge < -0.3 is 14.5 Å². The van der Waals surface area contributed by atoms with Crippen LogP contribution >= 0.6 is 0 Å². The zero-order chi connectivity index (χ0) is 24.6. The van der Waals surface area contributed by atoms with Crippen molar-refractivity contribution in [3.63, 3.8) is 0 Å². The van der Waals surface area contributed by atoms with E-state index in [0.29, 0.717) is 39.2 Å². The lowest BCUT2D eigenvalue weighted by Gasteiger charge is -2.21. The molecule has 3 heterocycles. The molecule has 1 fully saturated rings. The van der Waals surface area contributed by atoms with Crippen LogP contribution in [0, 0.1) is 5.92 Å². The fourth-order valence-electron chi connectivity index (χ4n) is 3.87. The predicted molar refractivity (Wildman–Crippen MR) is 135 cm³/mol. The van der Waals surface area contributed by atoms with Crippen LogP contribution in [0.25, 0.3) is 23.0 Å². The monoisotopic (exact) mass is 473 g/mol. The molecule has 0 atom stereocenters. The highest BCUT2D eigenvalue weighted by molar-refractivity contribution is 5.93. The number of hydrogen-bond donors (Lipinski definition) is 0. The molecule has 4 rings (SSSR count). The highest BCUT2D eigenvalue weighted by Crippen LogP contribution is 2.24. The zero-order valence-electron chi connectivity index (χ0n) is 20.2. The molecule has 0 aliphatic carbocycles. The van der Waals surface area contributed by atoms with Gasteiger partial charge in [0.1, 0.15) is 5.69 Å². The van der Waals surface area contributed by atoms with Crippen molar-refractivity contribution in [2.45, 2.75) is 20.3 Å². The Kier molecular flexibility index (Phi) is 7.92. The summed E-state index contributed by atoms with van der Waals surface area (Å²) in [4.78, 5) is 33.0. The van der Waals surface area contributed by atoms with Crippen molar-refractivity contribution >= 4 is 18.1 Å². The standard InChI is InChI=1S/C27H31N5O3/c1-21(2)20-35-27(34)31-15-7-14-30(16-17-31)25(33)12-11-23-19-32(24-9-4-3-5-10-24)29-26(23)22-8-6-13-28-18-22/h3-6,8-13,18-19,21H,7,14-17,20H2,1-2H3. The smallest absolute Gasteiger partial charge is 0.409 e. The van der Waals surface area contributed by atoms with Gasteiger partial charge in [-0.1, -0.05) is 32.0 Å². The number of pyridine rings is 1. The van der Waals surface area contributed by atoms with E-state index in [1.807, 2.05) is 62.5 Å². The molecule has 0 spiro atoms. The number of carbonyl (C=O) groups is 2. The number of amides is 2. The van der Waals surface area contributed by atoms with E-state index in [1.165, 1.54) is 0 Å². The van der Waals surface area contributed by atoms with Crippen LogP contribution in [0.2, 0.25) is 0 Å². The highest BCUT2D eigenvalue weighted by atomic mass is 16.6. The van der Waals surface area contributed by atoms with Crippen molar-refractivity contribution in [1.29, 1.82) is 0 Å². The number of carbonyl (C=O) groups excluding carboxylic acids is 2. The molecule has 1 aromatic carbocycles. The Labute approximate surface area is 205 Å². The van der Waals surface area contributed by atoms with E-state index in [0.717, 1.165) is 22.5 Å². The molecule has 1 saturated heterocycles. The van der Waals surface area contributed by atoms with Crippen molar-refractivity contribution in [1.82, 2.24) is 24.6 Å². The SMILES string of the molecule is CC(C)COC(=O)N1CCCN(C(=O)C=Cc2cn(-c3ccccc3)nc2-c2cccnc2)CC1. The molecule has 0 radical (unpaired) electrons. The number of para-hydroxylation sites is 1. The van der Waals surface area contributed by atoms with Crippen LogP contribution in [-0.4, -0.2) is 69.4 Å². The number of nitrogens with zero attached hydrogens (tertiary/aromatic N) is 5. The lowest BCUT2D eigenvalue weighted by molar-refractivity contribution is -0.125. The molecule has 0 unspecified atom stereocenters. The summed E-state index contributed by atoms with van der Waals surface area (Å²) in [5.41, 5.74) is 3.38. The zero-order valence-corrected chi connectivity index (χ0v) is 20.2. The number of hydrogen-bond acceptors (Lipinski definition) is 5. The van der Waals surface area contributed by atoms with Crippen molar-refractivity contribution in [3.05, 3.63) is 72.7 Å². The predicted octanol–water partition coefficient (Wildman–Crippen LogP) is 4.27. The maximum absolute atomic E-state index is 13.0. The second-order valence-corrected chi connectivity index (χ2v) is 8.92. The van der Waals surface area contributed by atoms with Crippen molar-refractivity contribution < 1.29 is 14.3 Å². The molecular formula is C27H31N5O3. The highest BCUT2D eigenvalue weighted by Gasteiger charge is 2.22. The van der Waals surface area contributed by atoms with E-state index < -0.39 is 0 Å². The van der Waals surface area contributed by atoms with Gasteiger partial charge in [-0.15, -0.1) is 0 Å². The molecule has 182 valence electrons. The number of benzene rings is 1. The Hall–Kier alpha value is -3.94. The summed E-state index contributed by atoms with van der Waals surface area (Å²) in [7, 11) is 0. The number of rotatable bonds is 6. The Morgan fingerprint density at radius 2 is 1.80 bits per heavy atom. The Morgan fingerprint density at radius 3 is 2.54 bits per heavy atom. The molecule has 2 amide bonds. The van der Waals surface area contributed by atoms with Crippen LogP contribution in [0.15, 0.2) is 67.1 Å². The van der Waals surface area contributed by atoms with Gasteiger partial charge in [-0.3, -0.25) is 9.78 Å². The number of ether oxygens (including phenoxy) is 1. The summed E-state index contributed by atoms with van der Waals surface area (Å²) >= 11 is 0. The third-order valence-corrected chi connectivity index (χ3v) is 5.71. The second-order valence-electron chi connectivity index (χ2n) is 8.92. The van der Waals surface area contributed by atoms with Gasteiger partial charge in [0.15, 0.2) is 0 Å². The minimum Gasteiger partial charge on any atom is -0.449 e. The van der Waals surface area contributed by atoms with E-state index >= 15 is 0 Å². The molecule has 8 heteroatoms. The van der Waals surface area contributed by atoms with Crippen LogP contribution in [0.4, 0.5) is 4.79 Å². The van der Waals surface area contributed by atoms with Gasteiger partial charge in [0, 0.05) is 62.0 Å². The van der Waals surface area contributed by atoms with E-state index in [4.69, 9.17) is 9.84 Å². The van der Waals surface area contributed by atoms with Gasteiger partial charge in [0.2, 0.25) is 5.91 Å². The average molecular weight is 474 g/mol. The van der Waals surface area contributed by atoms with Gasteiger partial charge in [0.25, 0.3) is 0 Å². The molecule has 2 aromatic heterocycles.